The average Bonchev–Trinajstić information content (AvgIpc) is 2.52. The van der Waals surface area contributed by atoms with E-state index in [4.69, 9.17) is 10.5 Å². The highest BCUT2D eigenvalue weighted by Crippen LogP contribution is 2.34. The predicted octanol–water partition coefficient (Wildman–Crippen LogP) is 4.52. The van der Waals surface area contributed by atoms with Crippen molar-refractivity contribution in [1.29, 1.82) is 0 Å². The molecule has 0 aliphatic carbocycles. The highest BCUT2D eigenvalue weighted by atomic mass is 32.2. The minimum atomic E-state index is -4.53. The first-order valence-electron chi connectivity index (χ1n) is 7.34. The van der Waals surface area contributed by atoms with E-state index in [1.54, 1.807) is 19.1 Å². The second kappa shape index (κ2) is 9.36. The Morgan fingerprint density at radius 3 is 2.42 bits per heavy atom. The molecule has 0 bridgehead atoms. The summed E-state index contributed by atoms with van der Waals surface area (Å²) in [6, 6.07) is 6.17. The number of halogens is 3. The largest absolute Gasteiger partial charge is 0.494 e. The number of thioether (sulfide) groups is 1. The van der Waals surface area contributed by atoms with E-state index in [1.807, 2.05) is 6.92 Å². The Morgan fingerprint density at radius 2 is 1.92 bits per heavy atom. The van der Waals surface area contributed by atoms with Gasteiger partial charge in [0, 0.05) is 5.56 Å². The SMILES string of the molecule is CC/C=C(/SC(N)=NC(=O)c1ccc(OCCC)cc1)C(F)(F)F. The monoisotopic (exact) mass is 360 g/mol. The zero-order valence-electron chi connectivity index (χ0n) is 13.4. The van der Waals surface area contributed by atoms with E-state index in [0.29, 0.717) is 12.4 Å². The van der Waals surface area contributed by atoms with Crippen LogP contribution in [-0.4, -0.2) is 23.9 Å². The second-order valence-corrected chi connectivity index (χ2v) is 5.77. The fraction of sp³-hybridized carbons (Fsp3) is 0.375. The summed E-state index contributed by atoms with van der Waals surface area (Å²) >= 11 is 0.232. The maximum absolute atomic E-state index is 12.8. The molecule has 1 rings (SSSR count). The number of hydrogen-bond donors (Lipinski definition) is 1. The fourth-order valence-electron chi connectivity index (χ4n) is 1.61. The topological polar surface area (TPSA) is 64.7 Å². The number of allylic oxidation sites excluding steroid dienone is 2. The second-order valence-electron chi connectivity index (χ2n) is 4.70. The molecule has 0 radical (unpaired) electrons. The summed E-state index contributed by atoms with van der Waals surface area (Å²) < 4.78 is 43.7. The number of nitrogens with two attached hydrogens (primary N) is 1. The molecule has 1 aromatic rings. The summed E-state index contributed by atoms with van der Waals surface area (Å²) in [6.07, 6.45) is -2.48. The number of carbonyl (C=O) groups excluding carboxylic acids is 1. The Bertz CT molecular complexity index is 611. The molecule has 0 heterocycles. The smallest absolute Gasteiger partial charge is 0.422 e. The zero-order valence-corrected chi connectivity index (χ0v) is 14.2. The highest BCUT2D eigenvalue weighted by molar-refractivity contribution is 8.17. The number of benzene rings is 1. The van der Waals surface area contributed by atoms with Crippen LogP contribution < -0.4 is 10.5 Å². The van der Waals surface area contributed by atoms with Crippen molar-refractivity contribution < 1.29 is 22.7 Å². The Balaban J connectivity index is 2.80. The van der Waals surface area contributed by atoms with Gasteiger partial charge in [0.05, 0.1) is 11.5 Å². The quantitative estimate of drug-likeness (QED) is 0.598. The lowest BCUT2D eigenvalue weighted by atomic mass is 10.2. The molecule has 0 saturated heterocycles. The molecule has 0 fully saturated rings. The van der Waals surface area contributed by atoms with E-state index in [1.165, 1.54) is 12.1 Å². The number of hydrogen-bond acceptors (Lipinski definition) is 3. The molecule has 2 N–H and O–H groups in total. The molecule has 0 saturated carbocycles. The molecule has 0 spiro atoms. The number of rotatable bonds is 6. The summed E-state index contributed by atoms with van der Waals surface area (Å²) in [5.41, 5.74) is 5.68. The minimum absolute atomic E-state index is 0.197. The van der Waals surface area contributed by atoms with Crippen molar-refractivity contribution in [2.24, 2.45) is 10.7 Å². The summed E-state index contributed by atoms with van der Waals surface area (Å²) in [5, 5.41) is -0.455. The summed E-state index contributed by atoms with van der Waals surface area (Å²) in [7, 11) is 0. The Morgan fingerprint density at radius 1 is 1.29 bits per heavy atom. The van der Waals surface area contributed by atoms with Crippen LogP contribution in [0.15, 0.2) is 40.2 Å². The van der Waals surface area contributed by atoms with Gasteiger partial charge in [0.2, 0.25) is 0 Å². The van der Waals surface area contributed by atoms with Gasteiger partial charge in [-0.25, -0.2) is 0 Å². The van der Waals surface area contributed by atoms with E-state index >= 15 is 0 Å². The van der Waals surface area contributed by atoms with Gasteiger partial charge in [0.15, 0.2) is 5.17 Å². The zero-order chi connectivity index (χ0) is 18.2. The van der Waals surface area contributed by atoms with Gasteiger partial charge in [0.1, 0.15) is 5.75 Å². The standard InChI is InChI=1S/C16H19F3N2O2S/c1-3-5-13(16(17,18)19)24-15(20)21-14(22)11-6-8-12(9-7-11)23-10-4-2/h5-9H,3-4,10H2,1-2H3,(H2,20,21,22)/b13-5+. The lowest BCUT2D eigenvalue weighted by Gasteiger charge is -2.10. The molecule has 0 aromatic heterocycles. The molecular formula is C16H19F3N2O2S. The number of amides is 1. The lowest BCUT2D eigenvalue weighted by Crippen LogP contribution is -2.16. The number of nitrogens with zero attached hydrogens (tertiary/aromatic N) is 1. The molecule has 0 aliphatic heterocycles. The van der Waals surface area contributed by atoms with E-state index in [-0.39, 0.29) is 23.7 Å². The van der Waals surface area contributed by atoms with Crippen molar-refractivity contribution in [2.45, 2.75) is 32.9 Å². The van der Waals surface area contributed by atoms with Crippen LogP contribution in [0.4, 0.5) is 13.2 Å². The van der Waals surface area contributed by atoms with Gasteiger partial charge in [-0.05, 0) is 48.9 Å². The summed E-state index contributed by atoms with van der Waals surface area (Å²) in [4.78, 5) is 14.6. The Hall–Kier alpha value is -1.96. The van der Waals surface area contributed by atoms with Crippen LogP contribution in [0.2, 0.25) is 0 Å². The normalized spacial score (nSPS) is 13.0. The molecule has 132 valence electrons. The van der Waals surface area contributed by atoms with Crippen LogP contribution >= 0.6 is 11.8 Å². The predicted molar refractivity (Wildman–Crippen MR) is 90.2 cm³/mol. The number of aliphatic imine (C=N–C) groups is 1. The van der Waals surface area contributed by atoms with Gasteiger partial charge >= 0.3 is 6.18 Å². The van der Waals surface area contributed by atoms with Gasteiger partial charge < -0.3 is 10.5 Å². The van der Waals surface area contributed by atoms with Gasteiger partial charge in [-0.15, -0.1) is 0 Å². The fourth-order valence-corrected chi connectivity index (χ4v) is 2.33. The molecule has 0 aliphatic rings. The summed E-state index contributed by atoms with van der Waals surface area (Å²) in [5.74, 6) is -0.106. The van der Waals surface area contributed by atoms with E-state index in [2.05, 4.69) is 4.99 Å². The van der Waals surface area contributed by atoms with Crippen LogP contribution in [0, 0.1) is 0 Å². The highest BCUT2D eigenvalue weighted by Gasteiger charge is 2.34. The molecule has 8 heteroatoms. The third-order valence-corrected chi connectivity index (χ3v) is 3.59. The molecule has 4 nitrogen and oxygen atoms in total. The maximum atomic E-state index is 12.8. The third kappa shape index (κ3) is 6.66. The molecule has 24 heavy (non-hydrogen) atoms. The average molecular weight is 360 g/mol. The number of ether oxygens (including phenoxy) is 1. The van der Waals surface area contributed by atoms with Crippen LogP contribution in [-0.2, 0) is 0 Å². The Kier molecular flexibility index (Phi) is 7.84. The Labute approximate surface area is 143 Å². The van der Waals surface area contributed by atoms with Gasteiger partial charge in [-0.3, -0.25) is 4.79 Å². The first-order chi connectivity index (χ1) is 11.3. The molecule has 0 atom stereocenters. The van der Waals surface area contributed by atoms with Crippen molar-refractivity contribution >= 4 is 22.8 Å². The maximum Gasteiger partial charge on any atom is 0.422 e. The minimum Gasteiger partial charge on any atom is -0.494 e. The summed E-state index contributed by atoms with van der Waals surface area (Å²) in [6.45, 7) is 4.10. The first-order valence-corrected chi connectivity index (χ1v) is 8.16. The molecule has 1 amide bonds. The van der Waals surface area contributed by atoms with E-state index in [0.717, 1.165) is 12.5 Å². The van der Waals surface area contributed by atoms with Crippen LogP contribution in [0.3, 0.4) is 0 Å². The molecule has 1 aromatic carbocycles. The number of amidine groups is 1. The van der Waals surface area contributed by atoms with E-state index < -0.39 is 22.2 Å². The van der Waals surface area contributed by atoms with Crippen molar-refractivity contribution in [1.82, 2.24) is 0 Å². The molecule has 0 unspecified atom stereocenters. The van der Waals surface area contributed by atoms with Crippen molar-refractivity contribution in [3.8, 4) is 5.75 Å². The van der Waals surface area contributed by atoms with E-state index in [9.17, 15) is 18.0 Å². The lowest BCUT2D eigenvalue weighted by molar-refractivity contribution is -0.0837. The van der Waals surface area contributed by atoms with Crippen molar-refractivity contribution in [3.63, 3.8) is 0 Å². The molecular weight excluding hydrogens is 341 g/mol. The number of carbonyl (C=O) groups is 1. The van der Waals surface area contributed by atoms with Gasteiger partial charge in [-0.2, -0.15) is 18.2 Å². The van der Waals surface area contributed by atoms with Crippen LogP contribution in [0.25, 0.3) is 0 Å². The third-order valence-electron chi connectivity index (χ3n) is 2.67. The van der Waals surface area contributed by atoms with Gasteiger partial charge in [0.25, 0.3) is 5.91 Å². The van der Waals surface area contributed by atoms with Gasteiger partial charge in [-0.1, -0.05) is 19.9 Å². The van der Waals surface area contributed by atoms with Crippen LogP contribution in [0.1, 0.15) is 37.0 Å². The van der Waals surface area contributed by atoms with Crippen LogP contribution in [0.5, 0.6) is 5.75 Å². The first kappa shape index (κ1) is 20.1. The van der Waals surface area contributed by atoms with Crippen molar-refractivity contribution in [2.75, 3.05) is 6.61 Å². The number of alkyl halides is 3. The van der Waals surface area contributed by atoms with Crippen molar-refractivity contribution in [3.05, 3.63) is 40.8 Å².